The first-order chi connectivity index (χ1) is 15.2. The monoisotopic (exact) mass is 445 g/mol. The number of carbonyl (C=O) groups is 3. The molecular formula is C25H35NO6. The lowest BCUT2D eigenvalue weighted by atomic mass is 9.50. The maximum Gasteiger partial charge on any atom is 0.309 e. The molecule has 3 aliphatic carbocycles. The zero-order chi connectivity index (χ0) is 22.8. The first-order valence-corrected chi connectivity index (χ1v) is 12.2. The molecule has 1 spiro atoms. The molecule has 6 rings (SSSR count). The number of piperidine rings is 1. The third-order valence-electron chi connectivity index (χ3n) is 9.59. The standard InChI is InChI=1S/C25H35NO6/c1-14-11-26-12-17-6-4-16-5-7-18-19(22(29)31-3)10-25(21(16)18,23(26)30)24(17,9-8-20(14)28)13-32-15(2)27/h14,17-20,28H,4-13H2,1-3H3/t14-,17-,18-,19-,20-,24-,25+/m1/s1. The van der Waals surface area contributed by atoms with Gasteiger partial charge in [0, 0.05) is 25.4 Å². The van der Waals surface area contributed by atoms with Crippen molar-refractivity contribution in [3.8, 4) is 0 Å². The smallest absolute Gasteiger partial charge is 0.309 e. The molecule has 1 N–H and O–H groups in total. The number of nitrogens with zero attached hydrogens (tertiary/aromatic N) is 1. The number of amides is 1. The summed E-state index contributed by atoms with van der Waals surface area (Å²) in [7, 11) is 1.43. The minimum Gasteiger partial charge on any atom is -0.469 e. The van der Waals surface area contributed by atoms with Crippen molar-refractivity contribution in [1.29, 1.82) is 0 Å². The third-order valence-corrected chi connectivity index (χ3v) is 9.59. The Hall–Kier alpha value is -1.89. The van der Waals surface area contributed by atoms with Crippen molar-refractivity contribution in [3.63, 3.8) is 0 Å². The van der Waals surface area contributed by atoms with Gasteiger partial charge in [0.1, 0.15) is 0 Å². The van der Waals surface area contributed by atoms with E-state index in [9.17, 15) is 19.5 Å². The zero-order valence-electron chi connectivity index (χ0n) is 19.4. The largest absolute Gasteiger partial charge is 0.469 e. The predicted octanol–water partition coefficient (Wildman–Crippen LogP) is 2.46. The van der Waals surface area contributed by atoms with E-state index in [2.05, 4.69) is 0 Å². The Morgan fingerprint density at radius 3 is 2.66 bits per heavy atom. The number of fused-ring (bicyclic) bond motifs is 4. The lowest BCUT2D eigenvalue weighted by Gasteiger charge is -2.57. The Balaban J connectivity index is 1.74. The second kappa shape index (κ2) is 7.57. The lowest BCUT2D eigenvalue weighted by Crippen LogP contribution is -2.65. The van der Waals surface area contributed by atoms with Gasteiger partial charge in [-0.3, -0.25) is 14.4 Å². The molecule has 4 bridgehead atoms. The summed E-state index contributed by atoms with van der Waals surface area (Å²) in [5.74, 6) is -0.678. The molecule has 3 saturated heterocycles. The van der Waals surface area contributed by atoms with E-state index in [1.807, 2.05) is 11.8 Å². The van der Waals surface area contributed by atoms with Crippen LogP contribution in [0.15, 0.2) is 11.1 Å². The number of carbonyl (C=O) groups excluding carboxylic acids is 3. The molecular weight excluding hydrogens is 410 g/mol. The van der Waals surface area contributed by atoms with Gasteiger partial charge in [0.05, 0.1) is 31.2 Å². The van der Waals surface area contributed by atoms with Crippen LogP contribution < -0.4 is 0 Å². The van der Waals surface area contributed by atoms with E-state index in [1.165, 1.54) is 25.2 Å². The summed E-state index contributed by atoms with van der Waals surface area (Å²) in [4.78, 5) is 41.3. The molecule has 3 aliphatic heterocycles. The lowest BCUT2D eigenvalue weighted by molar-refractivity contribution is -0.179. The fraction of sp³-hybridized carbons (Fsp3) is 0.800. The number of aliphatic hydroxyl groups excluding tert-OH is 1. The Bertz CT molecular complexity index is 882. The van der Waals surface area contributed by atoms with Crippen molar-refractivity contribution in [2.75, 3.05) is 26.8 Å². The van der Waals surface area contributed by atoms with Crippen LogP contribution >= 0.6 is 0 Å². The molecule has 7 nitrogen and oxygen atoms in total. The number of methoxy groups -OCH3 is 1. The number of hydrogen-bond acceptors (Lipinski definition) is 6. The van der Waals surface area contributed by atoms with Gasteiger partial charge >= 0.3 is 11.9 Å². The maximum absolute atomic E-state index is 14.5. The highest BCUT2D eigenvalue weighted by Gasteiger charge is 2.73. The zero-order valence-corrected chi connectivity index (χ0v) is 19.4. The van der Waals surface area contributed by atoms with Gasteiger partial charge in [0.25, 0.3) is 0 Å². The van der Waals surface area contributed by atoms with Crippen molar-refractivity contribution >= 4 is 17.8 Å². The molecule has 1 saturated carbocycles. The van der Waals surface area contributed by atoms with E-state index in [4.69, 9.17) is 9.47 Å². The van der Waals surface area contributed by atoms with Gasteiger partial charge in [-0.2, -0.15) is 0 Å². The first kappa shape index (κ1) is 21.9. The summed E-state index contributed by atoms with van der Waals surface area (Å²) in [5, 5.41) is 10.9. The van der Waals surface area contributed by atoms with Crippen molar-refractivity contribution in [1.82, 2.24) is 4.90 Å². The summed E-state index contributed by atoms with van der Waals surface area (Å²) in [6.07, 6.45) is 4.80. The van der Waals surface area contributed by atoms with E-state index in [0.717, 1.165) is 25.7 Å². The van der Waals surface area contributed by atoms with E-state index >= 15 is 0 Å². The normalized spacial score (nSPS) is 42.7. The number of hydrogen-bond donors (Lipinski definition) is 1. The van der Waals surface area contributed by atoms with Crippen LogP contribution in [0, 0.1) is 34.5 Å². The number of ether oxygens (including phenoxy) is 2. The van der Waals surface area contributed by atoms with Gasteiger partial charge in [-0.05, 0) is 62.7 Å². The van der Waals surface area contributed by atoms with E-state index in [1.54, 1.807) is 0 Å². The van der Waals surface area contributed by atoms with Crippen molar-refractivity contribution in [3.05, 3.63) is 11.1 Å². The van der Waals surface area contributed by atoms with Gasteiger partial charge in [-0.15, -0.1) is 0 Å². The number of aliphatic hydroxyl groups is 1. The number of allylic oxidation sites excluding steroid dienone is 1. The molecule has 32 heavy (non-hydrogen) atoms. The average molecular weight is 446 g/mol. The van der Waals surface area contributed by atoms with Crippen LogP contribution in [0.5, 0.6) is 0 Å². The van der Waals surface area contributed by atoms with Gasteiger partial charge < -0.3 is 19.5 Å². The van der Waals surface area contributed by atoms with Crippen LogP contribution in [0.3, 0.4) is 0 Å². The van der Waals surface area contributed by atoms with E-state index in [0.29, 0.717) is 32.4 Å². The molecule has 0 aromatic carbocycles. The predicted molar refractivity (Wildman–Crippen MR) is 115 cm³/mol. The van der Waals surface area contributed by atoms with Crippen LogP contribution in [-0.2, 0) is 23.9 Å². The van der Waals surface area contributed by atoms with Crippen LogP contribution in [0.1, 0.15) is 58.8 Å². The average Bonchev–Trinajstić information content (AvgIpc) is 3.32. The Labute approximate surface area is 189 Å². The van der Waals surface area contributed by atoms with Crippen LogP contribution in [0.2, 0.25) is 0 Å². The molecule has 0 aromatic rings. The topological polar surface area (TPSA) is 93.1 Å². The first-order valence-electron chi connectivity index (χ1n) is 12.2. The fourth-order valence-electron chi connectivity index (χ4n) is 8.16. The third kappa shape index (κ3) is 2.79. The summed E-state index contributed by atoms with van der Waals surface area (Å²) in [6.45, 7) is 4.75. The Morgan fingerprint density at radius 1 is 1.19 bits per heavy atom. The maximum atomic E-state index is 14.5. The summed E-state index contributed by atoms with van der Waals surface area (Å²) >= 11 is 0. The number of rotatable bonds is 3. The molecule has 3 heterocycles. The summed E-state index contributed by atoms with van der Waals surface area (Å²) in [5.41, 5.74) is 1.07. The van der Waals surface area contributed by atoms with Crippen LogP contribution in [0.4, 0.5) is 0 Å². The quantitative estimate of drug-likeness (QED) is 0.530. The van der Waals surface area contributed by atoms with Crippen LogP contribution in [0.25, 0.3) is 0 Å². The minimum atomic E-state index is -0.846. The molecule has 0 radical (unpaired) electrons. The summed E-state index contributed by atoms with van der Waals surface area (Å²) in [6, 6.07) is 0. The second-order valence-electron chi connectivity index (χ2n) is 10.9. The molecule has 7 atom stereocenters. The molecule has 176 valence electrons. The molecule has 4 fully saturated rings. The molecule has 7 heteroatoms. The highest BCUT2D eigenvalue weighted by atomic mass is 16.5. The van der Waals surface area contributed by atoms with Gasteiger partial charge in [-0.25, -0.2) is 0 Å². The molecule has 0 aromatic heterocycles. The number of esters is 2. The van der Waals surface area contributed by atoms with Crippen molar-refractivity contribution in [2.45, 2.75) is 64.9 Å². The van der Waals surface area contributed by atoms with Gasteiger partial charge in [0.15, 0.2) is 0 Å². The minimum absolute atomic E-state index is 0.0225. The molecule has 6 aliphatic rings. The SMILES string of the molecule is COC(=O)[C@@H]1C[C@@]23C(=O)N4C[C@@H](CCC5=C2[C@@H]1CC5)[C@]3(COC(C)=O)CC[C@@H](O)[C@H](C)C4. The summed E-state index contributed by atoms with van der Waals surface area (Å²) < 4.78 is 10.9. The van der Waals surface area contributed by atoms with Gasteiger partial charge in [-0.1, -0.05) is 18.1 Å². The van der Waals surface area contributed by atoms with E-state index in [-0.39, 0.29) is 48.1 Å². The van der Waals surface area contributed by atoms with Crippen molar-refractivity contribution in [2.24, 2.45) is 34.5 Å². The highest BCUT2D eigenvalue weighted by molar-refractivity contribution is 5.92. The Morgan fingerprint density at radius 2 is 1.94 bits per heavy atom. The van der Waals surface area contributed by atoms with Gasteiger partial charge in [0.2, 0.25) is 5.91 Å². The second-order valence-corrected chi connectivity index (χ2v) is 10.9. The fourth-order valence-corrected chi connectivity index (χ4v) is 8.16. The van der Waals surface area contributed by atoms with Crippen LogP contribution in [-0.4, -0.2) is 60.8 Å². The molecule has 1 amide bonds. The van der Waals surface area contributed by atoms with Crippen molar-refractivity contribution < 1.29 is 29.0 Å². The highest BCUT2D eigenvalue weighted by Crippen LogP contribution is 2.71. The Kier molecular flexibility index (Phi) is 5.19. The van der Waals surface area contributed by atoms with E-state index < -0.39 is 16.9 Å². The molecule has 0 unspecified atom stereocenters.